The summed E-state index contributed by atoms with van der Waals surface area (Å²) in [5.41, 5.74) is 0. The van der Waals surface area contributed by atoms with Crippen molar-refractivity contribution in [3.63, 3.8) is 0 Å². The van der Waals surface area contributed by atoms with E-state index in [1.54, 1.807) is 0 Å². The molecule has 2 heteroatoms. The third-order valence-electron chi connectivity index (χ3n) is 3.68. The van der Waals surface area contributed by atoms with Crippen LogP contribution in [0.4, 0.5) is 0 Å². The lowest BCUT2D eigenvalue weighted by Gasteiger charge is -2.18. The fraction of sp³-hybridized carbons (Fsp3) is 0.800. The highest BCUT2D eigenvalue weighted by molar-refractivity contribution is 4.76. The highest BCUT2D eigenvalue weighted by atomic mass is 16.5. The van der Waals surface area contributed by atoms with E-state index in [-0.39, 0.29) is 6.10 Å². The second-order valence-electron chi connectivity index (χ2n) is 5.84. The lowest BCUT2D eigenvalue weighted by molar-refractivity contribution is -0.0230. The summed E-state index contributed by atoms with van der Waals surface area (Å²) < 4.78 is 11.8. The number of rotatable bonds is 16. The standard InChI is InChI=1S/C20H38O2/c1-4-7-10-12-14-17-21-19-20(16-9-6-3)22-18-15-13-11-8-5-2/h4-5,7-8,20H,6,9-19H2,1-3H3. The van der Waals surface area contributed by atoms with E-state index in [4.69, 9.17) is 9.47 Å². The third-order valence-corrected chi connectivity index (χ3v) is 3.68. The molecule has 0 aromatic rings. The average Bonchev–Trinajstić information content (AvgIpc) is 2.54. The van der Waals surface area contributed by atoms with Gasteiger partial charge < -0.3 is 9.47 Å². The van der Waals surface area contributed by atoms with Gasteiger partial charge in [0.25, 0.3) is 0 Å². The largest absolute Gasteiger partial charge is 0.379 e. The predicted molar refractivity (Wildman–Crippen MR) is 97.4 cm³/mol. The highest BCUT2D eigenvalue weighted by Gasteiger charge is 2.08. The van der Waals surface area contributed by atoms with Gasteiger partial charge in [-0.05, 0) is 58.8 Å². The maximum atomic E-state index is 6.01. The normalized spacial score (nSPS) is 13.4. The van der Waals surface area contributed by atoms with E-state index in [0.717, 1.165) is 39.1 Å². The summed E-state index contributed by atoms with van der Waals surface area (Å²) in [4.78, 5) is 0. The van der Waals surface area contributed by atoms with Crippen LogP contribution < -0.4 is 0 Å². The monoisotopic (exact) mass is 310 g/mol. The first kappa shape index (κ1) is 21.4. The van der Waals surface area contributed by atoms with Gasteiger partial charge in [-0.2, -0.15) is 0 Å². The van der Waals surface area contributed by atoms with E-state index < -0.39 is 0 Å². The van der Waals surface area contributed by atoms with Crippen LogP contribution in [0.25, 0.3) is 0 Å². The summed E-state index contributed by atoms with van der Waals surface area (Å²) in [5, 5.41) is 0. The van der Waals surface area contributed by atoms with Gasteiger partial charge in [0, 0.05) is 13.2 Å². The van der Waals surface area contributed by atoms with E-state index >= 15 is 0 Å². The summed E-state index contributed by atoms with van der Waals surface area (Å²) in [6.45, 7) is 8.88. The van der Waals surface area contributed by atoms with Gasteiger partial charge in [0.15, 0.2) is 0 Å². The van der Waals surface area contributed by atoms with Crippen molar-refractivity contribution in [1.29, 1.82) is 0 Å². The SMILES string of the molecule is CC=CCCCCOCC(CCCC)OCCCCC=CC. The van der Waals surface area contributed by atoms with Crippen LogP contribution in [0, 0.1) is 0 Å². The van der Waals surface area contributed by atoms with Crippen molar-refractivity contribution in [3.8, 4) is 0 Å². The Balaban J connectivity index is 3.64. The Hall–Kier alpha value is -0.600. The van der Waals surface area contributed by atoms with Crippen molar-refractivity contribution in [1.82, 2.24) is 0 Å². The minimum atomic E-state index is 0.289. The summed E-state index contributed by atoms with van der Waals surface area (Å²) in [5.74, 6) is 0. The molecule has 1 atom stereocenters. The Bertz CT molecular complexity index is 258. The number of ether oxygens (including phenoxy) is 2. The quantitative estimate of drug-likeness (QED) is 0.254. The smallest absolute Gasteiger partial charge is 0.0808 e. The highest BCUT2D eigenvalue weighted by Crippen LogP contribution is 2.08. The average molecular weight is 311 g/mol. The van der Waals surface area contributed by atoms with Crippen molar-refractivity contribution in [2.24, 2.45) is 0 Å². The topological polar surface area (TPSA) is 18.5 Å². The molecular formula is C20H38O2. The fourth-order valence-corrected chi connectivity index (χ4v) is 2.28. The second-order valence-corrected chi connectivity index (χ2v) is 5.84. The van der Waals surface area contributed by atoms with Crippen LogP contribution in [0.5, 0.6) is 0 Å². The molecule has 0 aliphatic carbocycles. The zero-order valence-electron chi connectivity index (χ0n) is 15.2. The van der Waals surface area contributed by atoms with Crippen molar-refractivity contribution in [2.75, 3.05) is 19.8 Å². The summed E-state index contributed by atoms with van der Waals surface area (Å²) in [7, 11) is 0. The molecule has 0 amide bonds. The lowest BCUT2D eigenvalue weighted by atomic mass is 10.1. The predicted octanol–water partition coefficient (Wildman–Crippen LogP) is 6.07. The molecule has 0 radical (unpaired) electrons. The van der Waals surface area contributed by atoms with E-state index in [1.165, 1.54) is 38.5 Å². The van der Waals surface area contributed by atoms with Gasteiger partial charge in [0.2, 0.25) is 0 Å². The lowest BCUT2D eigenvalue weighted by Crippen LogP contribution is -2.21. The van der Waals surface area contributed by atoms with Gasteiger partial charge in [0.05, 0.1) is 12.7 Å². The van der Waals surface area contributed by atoms with Gasteiger partial charge >= 0.3 is 0 Å². The molecule has 0 heterocycles. The van der Waals surface area contributed by atoms with Gasteiger partial charge in [-0.1, -0.05) is 44.1 Å². The molecule has 0 aromatic heterocycles. The van der Waals surface area contributed by atoms with E-state index in [9.17, 15) is 0 Å². The third kappa shape index (κ3) is 15.8. The molecule has 130 valence electrons. The van der Waals surface area contributed by atoms with Crippen molar-refractivity contribution in [3.05, 3.63) is 24.3 Å². The molecule has 0 aliphatic rings. The second kappa shape index (κ2) is 18.4. The number of hydrogen-bond acceptors (Lipinski definition) is 2. The molecule has 0 saturated carbocycles. The maximum Gasteiger partial charge on any atom is 0.0808 e. The molecule has 22 heavy (non-hydrogen) atoms. The first-order valence-electron chi connectivity index (χ1n) is 9.26. The van der Waals surface area contributed by atoms with Gasteiger partial charge in [-0.15, -0.1) is 0 Å². The summed E-state index contributed by atoms with van der Waals surface area (Å²) >= 11 is 0. The number of unbranched alkanes of at least 4 members (excludes halogenated alkanes) is 5. The first-order valence-corrected chi connectivity index (χ1v) is 9.26. The summed E-state index contributed by atoms with van der Waals surface area (Å²) in [6.07, 6.45) is 19.6. The maximum absolute atomic E-state index is 6.01. The molecule has 1 unspecified atom stereocenters. The minimum Gasteiger partial charge on any atom is -0.379 e. The molecule has 0 spiro atoms. The van der Waals surface area contributed by atoms with Crippen LogP contribution >= 0.6 is 0 Å². The molecule has 2 nitrogen and oxygen atoms in total. The first-order chi connectivity index (χ1) is 10.8. The minimum absolute atomic E-state index is 0.289. The van der Waals surface area contributed by atoms with Crippen LogP contribution in [-0.2, 0) is 9.47 Å². The van der Waals surface area contributed by atoms with Crippen molar-refractivity contribution < 1.29 is 9.47 Å². The van der Waals surface area contributed by atoms with Gasteiger partial charge in [-0.3, -0.25) is 0 Å². The molecule has 0 saturated heterocycles. The Kier molecular flexibility index (Phi) is 17.9. The number of allylic oxidation sites excluding steroid dienone is 4. The van der Waals surface area contributed by atoms with Gasteiger partial charge in [0.1, 0.15) is 0 Å². The van der Waals surface area contributed by atoms with Crippen LogP contribution in [0.1, 0.15) is 78.6 Å². The molecule has 0 aromatic carbocycles. The van der Waals surface area contributed by atoms with E-state index in [1.807, 2.05) is 0 Å². The van der Waals surface area contributed by atoms with Crippen LogP contribution in [-0.4, -0.2) is 25.9 Å². The Morgan fingerprint density at radius 3 is 2.05 bits per heavy atom. The van der Waals surface area contributed by atoms with Crippen molar-refractivity contribution >= 4 is 0 Å². The van der Waals surface area contributed by atoms with Gasteiger partial charge in [-0.25, -0.2) is 0 Å². The molecule has 0 fully saturated rings. The van der Waals surface area contributed by atoms with E-state index in [2.05, 4.69) is 45.1 Å². The Morgan fingerprint density at radius 1 is 0.818 bits per heavy atom. The molecule has 0 rings (SSSR count). The summed E-state index contributed by atoms with van der Waals surface area (Å²) in [6, 6.07) is 0. The molecule has 0 aliphatic heterocycles. The molecule has 0 bridgehead atoms. The zero-order chi connectivity index (χ0) is 16.3. The Morgan fingerprint density at radius 2 is 1.45 bits per heavy atom. The van der Waals surface area contributed by atoms with Crippen molar-refractivity contribution in [2.45, 2.75) is 84.7 Å². The molecular weight excluding hydrogens is 272 g/mol. The molecule has 0 N–H and O–H groups in total. The Labute approximate surface area is 139 Å². The van der Waals surface area contributed by atoms with E-state index in [0.29, 0.717) is 0 Å². The fourth-order valence-electron chi connectivity index (χ4n) is 2.28. The zero-order valence-corrected chi connectivity index (χ0v) is 15.2. The number of hydrogen-bond donors (Lipinski definition) is 0. The van der Waals surface area contributed by atoms with Crippen LogP contribution in [0.15, 0.2) is 24.3 Å². The van der Waals surface area contributed by atoms with Crippen LogP contribution in [0.3, 0.4) is 0 Å². The van der Waals surface area contributed by atoms with Crippen LogP contribution in [0.2, 0.25) is 0 Å².